The average Bonchev–Trinajstić information content (AvgIpc) is 2.55. The zero-order valence-electron chi connectivity index (χ0n) is 13.6. The molecule has 0 saturated carbocycles. The Hall–Kier alpha value is -2.41. The molecule has 0 atom stereocenters. The van der Waals surface area contributed by atoms with Crippen LogP contribution in [-0.2, 0) is 6.42 Å². The molecule has 0 radical (unpaired) electrons. The first-order valence-corrected chi connectivity index (χ1v) is 7.88. The summed E-state index contributed by atoms with van der Waals surface area (Å²) in [7, 11) is 2.00. The van der Waals surface area contributed by atoms with E-state index in [-0.39, 0.29) is 28.7 Å². The number of benzene rings is 1. The number of likely N-dealkylation sites (N-methyl/N-ethyl adjacent to an activating group) is 1. The van der Waals surface area contributed by atoms with E-state index in [1.807, 2.05) is 11.9 Å². The number of piperazine rings is 1. The molecular formula is C17H19FN2O4. The van der Waals surface area contributed by atoms with Gasteiger partial charge >= 0.3 is 5.97 Å². The third-order valence-corrected chi connectivity index (χ3v) is 4.42. The van der Waals surface area contributed by atoms with Gasteiger partial charge in [-0.3, -0.25) is 4.79 Å². The largest absolute Gasteiger partial charge is 0.475 e. The molecule has 0 aliphatic carbocycles. The first-order chi connectivity index (χ1) is 11.4. The summed E-state index contributed by atoms with van der Waals surface area (Å²) in [5.74, 6) is -2.19. The van der Waals surface area contributed by atoms with Crippen LogP contribution in [0.1, 0.15) is 23.0 Å². The second-order valence-electron chi connectivity index (χ2n) is 5.99. The average molecular weight is 334 g/mol. The van der Waals surface area contributed by atoms with Crippen molar-refractivity contribution in [3.8, 4) is 0 Å². The van der Waals surface area contributed by atoms with Crippen molar-refractivity contribution in [2.75, 3.05) is 38.1 Å². The number of hydrogen-bond donors (Lipinski definition) is 1. The number of carboxylic acid groups (broad SMARTS) is 1. The third-order valence-electron chi connectivity index (χ3n) is 4.42. The lowest BCUT2D eigenvalue weighted by molar-refractivity contribution is 0.0661. The van der Waals surface area contributed by atoms with E-state index in [0.717, 1.165) is 19.2 Å². The van der Waals surface area contributed by atoms with Crippen LogP contribution < -0.4 is 10.3 Å². The number of halogens is 1. The number of aromatic carboxylic acids is 1. The van der Waals surface area contributed by atoms with E-state index in [0.29, 0.717) is 18.8 Å². The van der Waals surface area contributed by atoms with E-state index in [4.69, 9.17) is 4.42 Å². The predicted octanol–water partition coefficient (Wildman–Crippen LogP) is 1.94. The standard InChI is InChI=1S/C17H19FN2O4/c1-3-11-14(21)12-8-10(18)9-13(15(12)24-16(11)17(22)23)20-6-4-19(2)5-7-20/h8-9H,3-7H2,1-2H3,(H,22,23). The van der Waals surface area contributed by atoms with Gasteiger partial charge in [-0.05, 0) is 19.5 Å². The summed E-state index contributed by atoms with van der Waals surface area (Å²) in [6.07, 6.45) is 0.209. The predicted molar refractivity (Wildman–Crippen MR) is 88.5 cm³/mol. The molecule has 1 fully saturated rings. The van der Waals surface area contributed by atoms with E-state index in [1.54, 1.807) is 6.92 Å². The first-order valence-electron chi connectivity index (χ1n) is 7.88. The fraction of sp³-hybridized carbons (Fsp3) is 0.412. The molecule has 0 spiro atoms. The monoisotopic (exact) mass is 334 g/mol. The van der Waals surface area contributed by atoms with Crippen molar-refractivity contribution in [3.05, 3.63) is 39.5 Å². The number of hydrogen-bond acceptors (Lipinski definition) is 5. The summed E-state index contributed by atoms with van der Waals surface area (Å²) in [6, 6.07) is 2.42. The highest BCUT2D eigenvalue weighted by Crippen LogP contribution is 2.29. The molecule has 1 N–H and O–H groups in total. The molecule has 3 rings (SSSR count). The molecular weight excluding hydrogens is 315 g/mol. The van der Waals surface area contributed by atoms with Crippen molar-refractivity contribution in [1.29, 1.82) is 0 Å². The fourth-order valence-corrected chi connectivity index (χ4v) is 3.06. The first kappa shape index (κ1) is 16.4. The van der Waals surface area contributed by atoms with E-state index in [2.05, 4.69) is 4.90 Å². The molecule has 128 valence electrons. The van der Waals surface area contributed by atoms with Crippen LogP contribution in [0.5, 0.6) is 0 Å². The molecule has 1 aliphatic rings. The summed E-state index contributed by atoms with van der Waals surface area (Å²) in [5, 5.41) is 9.43. The maximum absolute atomic E-state index is 14.1. The lowest BCUT2D eigenvalue weighted by Crippen LogP contribution is -2.44. The molecule has 0 unspecified atom stereocenters. The van der Waals surface area contributed by atoms with E-state index in [9.17, 15) is 19.1 Å². The number of carbonyl (C=O) groups is 1. The lowest BCUT2D eigenvalue weighted by Gasteiger charge is -2.34. The Bertz CT molecular complexity index is 854. The van der Waals surface area contributed by atoms with Crippen molar-refractivity contribution < 1.29 is 18.7 Å². The van der Waals surface area contributed by atoms with Gasteiger partial charge in [-0.1, -0.05) is 6.92 Å². The molecule has 2 heterocycles. The van der Waals surface area contributed by atoms with Gasteiger partial charge in [-0.25, -0.2) is 9.18 Å². The van der Waals surface area contributed by atoms with E-state index >= 15 is 0 Å². The molecule has 1 aromatic carbocycles. The zero-order valence-corrected chi connectivity index (χ0v) is 13.6. The third kappa shape index (κ3) is 2.75. The van der Waals surface area contributed by atoms with Crippen LogP contribution in [0.2, 0.25) is 0 Å². The van der Waals surface area contributed by atoms with Gasteiger partial charge in [0.25, 0.3) is 0 Å². The lowest BCUT2D eigenvalue weighted by atomic mass is 10.1. The number of anilines is 1. The Labute approximate surface area is 138 Å². The Kier molecular flexibility index (Phi) is 4.28. The van der Waals surface area contributed by atoms with Crippen LogP contribution in [0, 0.1) is 5.82 Å². The molecule has 2 aromatic rings. The van der Waals surface area contributed by atoms with Crippen molar-refractivity contribution in [3.63, 3.8) is 0 Å². The van der Waals surface area contributed by atoms with Crippen LogP contribution in [0.15, 0.2) is 21.3 Å². The highest BCUT2D eigenvalue weighted by Gasteiger charge is 2.24. The van der Waals surface area contributed by atoms with Crippen molar-refractivity contribution in [1.82, 2.24) is 4.90 Å². The smallest absolute Gasteiger partial charge is 0.372 e. The number of nitrogens with zero attached hydrogens (tertiary/aromatic N) is 2. The summed E-state index contributed by atoms with van der Waals surface area (Å²) in [4.78, 5) is 28.1. The highest BCUT2D eigenvalue weighted by atomic mass is 19.1. The van der Waals surface area contributed by atoms with E-state index < -0.39 is 17.2 Å². The molecule has 6 nitrogen and oxygen atoms in total. The number of fused-ring (bicyclic) bond motifs is 1. The minimum Gasteiger partial charge on any atom is -0.475 e. The van der Waals surface area contributed by atoms with Gasteiger partial charge in [-0.15, -0.1) is 0 Å². The second-order valence-corrected chi connectivity index (χ2v) is 5.99. The Balaban J connectivity index is 2.26. The molecule has 0 bridgehead atoms. The number of rotatable bonds is 3. The van der Waals surface area contributed by atoms with Crippen molar-refractivity contribution >= 4 is 22.6 Å². The Morgan fingerprint density at radius 3 is 2.54 bits per heavy atom. The molecule has 24 heavy (non-hydrogen) atoms. The Morgan fingerprint density at radius 1 is 1.29 bits per heavy atom. The minimum atomic E-state index is -1.29. The van der Waals surface area contributed by atoms with Gasteiger partial charge in [0, 0.05) is 32.2 Å². The SMILES string of the molecule is CCc1c(C(=O)O)oc2c(N3CCN(C)CC3)cc(F)cc2c1=O. The minimum absolute atomic E-state index is 0.0601. The van der Waals surface area contributed by atoms with Gasteiger partial charge < -0.3 is 19.3 Å². The van der Waals surface area contributed by atoms with Gasteiger partial charge in [0.15, 0.2) is 11.0 Å². The Morgan fingerprint density at radius 2 is 1.96 bits per heavy atom. The van der Waals surface area contributed by atoms with Gasteiger partial charge in [-0.2, -0.15) is 0 Å². The fourth-order valence-electron chi connectivity index (χ4n) is 3.06. The summed E-state index contributed by atoms with van der Waals surface area (Å²) < 4.78 is 19.6. The van der Waals surface area contributed by atoms with Crippen molar-refractivity contribution in [2.45, 2.75) is 13.3 Å². The van der Waals surface area contributed by atoms with Crippen LogP contribution in [0.4, 0.5) is 10.1 Å². The topological polar surface area (TPSA) is 74.0 Å². The maximum Gasteiger partial charge on any atom is 0.372 e. The normalized spacial score (nSPS) is 15.9. The van der Waals surface area contributed by atoms with Gasteiger partial charge in [0.2, 0.25) is 5.76 Å². The van der Waals surface area contributed by atoms with Crippen LogP contribution >= 0.6 is 0 Å². The molecule has 1 aromatic heterocycles. The van der Waals surface area contributed by atoms with Crippen LogP contribution in [0.25, 0.3) is 11.0 Å². The summed E-state index contributed by atoms with van der Waals surface area (Å²) in [6.45, 7) is 4.56. The molecule has 7 heteroatoms. The van der Waals surface area contributed by atoms with Crippen LogP contribution in [-0.4, -0.2) is 49.2 Å². The molecule has 0 amide bonds. The van der Waals surface area contributed by atoms with Gasteiger partial charge in [0.05, 0.1) is 16.6 Å². The highest BCUT2D eigenvalue weighted by molar-refractivity contribution is 5.94. The quantitative estimate of drug-likeness (QED) is 0.925. The van der Waals surface area contributed by atoms with Gasteiger partial charge in [0.1, 0.15) is 5.82 Å². The van der Waals surface area contributed by atoms with Crippen LogP contribution in [0.3, 0.4) is 0 Å². The van der Waals surface area contributed by atoms with Crippen molar-refractivity contribution in [2.24, 2.45) is 0 Å². The maximum atomic E-state index is 14.1. The molecule has 1 aliphatic heterocycles. The zero-order chi connectivity index (χ0) is 17.4. The molecule has 1 saturated heterocycles. The van der Waals surface area contributed by atoms with E-state index in [1.165, 1.54) is 6.07 Å². The number of carboxylic acids is 1. The second kappa shape index (κ2) is 6.24. The summed E-state index contributed by atoms with van der Waals surface area (Å²) >= 11 is 0. The summed E-state index contributed by atoms with van der Waals surface area (Å²) in [5.41, 5.74) is 0.150.